The predicted molar refractivity (Wildman–Crippen MR) is 90.2 cm³/mol. The van der Waals surface area contributed by atoms with Gasteiger partial charge in [-0.3, -0.25) is 0 Å². The highest BCUT2D eigenvalue weighted by atomic mass is 19.1. The number of carbonyl (C=O) groups is 1. The number of rotatable bonds is 2. The van der Waals surface area contributed by atoms with Gasteiger partial charge in [-0.05, 0) is 51.8 Å². The summed E-state index contributed by atoms with van der Waals surface area (Å²) >= 11 is 0. The summed E-state index contributed by atoms with van der Waals surface area (Å²) in [6.45, 7) is 6.12. The Morgan fingerprint density at radius 2 is 2.17 bits per heavy atom. The van der Waals surface area contributed by atoms with Crippen LogP contribution < -0.4 is 5.32 Å². The summed E-state index contributed by atoms with van der Waals surface area (Å²) in [7, 11) is 0. The van der Waals surface area contributed by atoms with Gasteiger partial charge in [0.2, 0.25) is 0 Å². The first-order chi connectivity index (χ1) is 11.3. The van der Waals surface area contributed by atoms with Crippen LogP contribution in [0.2, 0.25) is 0 Å². The molecule has 3 rings (SSSR count). The molecule has 0 bridgehead atoms. The van der Waals surface area contributed by atoms with Crippen LogP contribution in [0, 0.1) is 13.8 Å². The zero-order valence-electron chi connectivity index (χ0n) is 14.2. The van der Waals surface area contributed by atoms with Crippen molar-refractivity contribution in [1.82, 2.24) is 19.7 Å². The van der Waals surface area contributed by atoms with Crippen LogP contribution in [-0.4, -0.2) is 44.5 Å². The molecule has 1 unspecified atom stereocenters. The lowest BCUT2D eigenvalue weighted by Crippen LogP contribution is -2.47. The van der Waals surface area contributed by atoms with E-state index in [1.165, 1.54) is 11.8 Å². The van der Waals surface area contributed by atoms with Gasteiger partial charge in [0, 0.05) is 12.2 Å². The number of amides is 2. The highest BCUT2D eigenvalue weighted by Gasteiger charge is 2.32. The van der Waals surface area contributed by atoms with Crippen molar-refractivity contribution < 1.29 is 9.18 Å². The van der Waals surface area contributed by atoms with E-state index in [4.69, 9.17) is 0 Å². The van der Waals surface area contributed by atoms with Gasteiger partial charge in [0.25, 0.3) is 0 Å². The van der Waals surface area contributed by atoms with Gasteiger partial charge < -0.3 is 10.2 Å². The number of hydrogen-bond acceptors (Lipinski definition) is 3. The Morgan fingerprint density at radius 1 is 1.38 bits per heavy atom. The maximum Gasteiger partial charge on any atom is 0.321 e. The number of halogens is 1. The van der Waals surface area contributed by atoms with Gasteiger partial charge in [0.15, 0.2) is 5.82 Å². The van der Waals surface area contributed by atoms with E-state index in [-0.39, 0.29) is 12.6 Å². The van der Waals surface area contributed by atoms with Gasteiger partial charge in [0.1, 0.15) is 5.67 Å². The Kier molecular flexibility index (Phi) is 4.26. The smallest absolute Gasteiger partial charge is 0.321 e. The summed E-state index contributed by atoms with van der Waals surface area (Å²) in [5, 5.41) is 7.15. The van der Waals surface area contributed by atoms with Gasteiger partial charge in [-0.2, -0.15) is 5.10 Å². The largest absolute Gasteiger partial charge is 0.321 e. The molecule has 1 aliphatic rings. The number of urea groups is 1. The summed E-state index contributed by atoms with van der Waals surface area (Å²) in [4.78, 5) is 18.1. The minimum Gasteiger partial charge on any atom is -0.321 e. The van der Waals surface area contributed by atoms with E-state index in [0.29, 0.717) is 30.9 Å². The predicted octanol–water partition coefficient (Wildman–Crippen LogP) is 3.24. The van der Waals surface area contributed by atoms with Crippen molar-refractivity contribution in [3.8, 4) is 5.82 Å². The monoisotopic (exact) mass is 331 g/mol. The molecular weight excluding hydrogens is 309 g/mol. The molecule has 0 spiro atoms. The number of piperidine rings is 1. The van der Waals surface area contributed by atoms with Gasteiger partial charge >= 0.3 is 6.03 Å². The molecule has 1 saturated heterocycles. The average Bonchev–Trinajstić information content (AvgIpc) is 2.85. The van der Waals surface area contributed by atoms with Crippen LogP contribution in [-0.2, 0) is 0 Å². The molecule has 6 nitrogen and oxygen atoms in total. The molecular formula is C17H22FN5O. The third-order valence-corrected chi connectivity index (χ3v) is 4.16. The zero-order valence-corrected chi connectivity index (χ0v) is 14.2. The molecule has 7 heteroatoms. The molecule has 1 atom stereocenters. The van der Waals surface area contributed by atoms with Gasteiger partial charge in [0.05, 0.1) is 24.1 Å². The van der Waals surface area contributed by atoms with Crippen LogP contribution in [0.1, 0.15) is 31.2 Å². The van der Waals surface area contributed by atoms with Crippen LogP contribution in [0.4, 0.5) is 14.9 Å². The Morgan fingerprint density at radius 3 is 2.75 bits per heavy atom. The van der Waals surface area contributed by atoms with E-state index in [0.717, 1.165) is 11.4 Å². The molecule has 2 aromatic rings. The molecule has 2 amide bonds. The standard InChI is InChI=1S/C17H22FN5O/c1-12-9-13(2)23(21-12)15-6-5-14(10-19-15)20-16(24)22-8-4-7-17(3,18)11-22/h5-6,9-10H,4,7-8,11H2,1-3H3,(H,20,24). The van der Waals surface area contributed by atoms with Crippen LogP contribution in [0.25, 0.3) is 5.82 Å². The summed E-state index contributed by atoms with van der Waals surface area (Å²) < 4.78 is 15.8. The minimum atomic E-state index is -1.31. The fraction of sp³-hybridized carbons (Fsp3) is 0.471. The minimum absolute atomic E-state index is 0.121. The molecule has 0 aliphatic carbocycles. The van der Waals surface area contributed by atoms with Gasteiger partial charge in [-0.25, -0.2) is 18.9 Å². The topological polar surface area (TPSA) is 63.1 Å². The second-order valence-corrected chi connectivity index (χ2v) is 6.61. The average molecular weight is 331 g/mol. The summed E-state index contributed by atoms with van der Waals surface area (Å²) in [5.41, 5.74) is 1.18. The Hall–Kier alpha value is -2.44. The van der Waals surface area contributed by atoms with Crippen LogP contribution in [0.5, 0.6) is 0 Å². The maximum atomic E-state index is 14.1. The van der Waals surface area contributed by atoms with Crippen LogP contribution >= 0.6 is 0 Å². The van der Waals surface area contributed by atoms with Gasteiger partial charge in [-0.1, -0.05) is 0 Å². The number of carbonyl (C=O) groups excluding carboxylic acids is 1. The molecule has 0 aromatic carbocycles. The second kappa shape index (κ2) is 6.22. The van der Waals surface area contributed by atoms with E-state index in [1.54, 1.807) is 23.0 Å². The second-order valence-electron chi connectivity index (χ2n) is 6.61. The number of hydrogen-bond donors (Lipinski definition) is 1. The van der Waals surface area contributed by atoms with E-state index in [2.05, 4.69) is 15.4 Å². The first kappa shape index (κ1) is 16.4. The molecule has 0 radical (unpaired) electrons. The Bertz CT molecular complexity index is 738. The number of aromatic nitrogens is 3. The molecule has 24 heavy (non-hydrogen) atoms. The third kappa shape index (κ3) is 3.55. The molecule has 3 heterocycles. The summed E-state index contributed by atoms with van der Waals surface area (Å²) in [6.07, 6.45) is 2.76. The molecule has 1 N–H and O–H groups in total. The third-order valence-electron chi connectivity index (χ3n) is 4.16. The van der Waals surface area contributed by atoms with Crippen molar-refractivity contribution in [3.05, 3.63) is 35.8 Å². The van der Waals surface area contributed by atoms with Crippen molar-refractivity contribution in [1.29, 1.82) is 0 Å². The first-order valence-corrected chi connectivity index (χ1v) is 8.09. The highest BCUT2D eigenvalue weighted by Crippen LogP contribution is 2.25. The Labute approximate surface area is 140 Å². The zero-order chi connectivity index (χ0) is 17.3. The molecule has 1 aliphatic heterocycles. The van der Waals surface area contributed by atoms with Crippen molar-refractivity contribution in [2.24, 2.45) is 0 Å². The Balaban J connectivity index is 1.68. The maximum absolute atomic E-state index is 14.1. The lowest BCUT2D eigenvalue weighted by Gasteiger charge is -2.35. The number of alkyl halides is 1. The van der Waals surface area contributed by atoms with E-state index in [1.807, 2.05) is 19.9 Å². The normalized spacial score (nSPS) is 20.9. The van der Waals surface area contributed by atoms with Crippen LogP contribution in [0.15, 0.2) is 24.4 Å². The molecule has 0 saturated carbocycles. The number of likely N-dealkylation sites (tertiary alicyclic amines) is 1. The lowest BCUT2D eigenvalue weighted by atomic mass is 9.97. The molecule has 1 fully saturated rings. The quantitative estimate of drug-likeness (QED) is 0.919. The molecule has 128 valence electrons. The number of nitrogens with zero attached hydrogens (tertiary/aromatic N) is 4. The van der Waals surface area contributed by atoms with Crippen molar-refractivity contribution in [2.75, 3.05) is 18.4 Å². The SMILES string of the molecule is Cc1cc(C)n(-c2ccc(NC(=O)N3CCCC(C)(F)C3)cn2)n1. The highest BCUT2D eigenvalue weighted by molar-refractivity contribution is 5.89. The fourth-order valence-electron chi connectivity index (χ4n) is 3.02. The fourth-order valence-corrected chi connectivity index (χ4v) is 3.02. The van der Waals surface area contributed by atoms with E-state index in [9.17, 15) is 9.18 Å². The van der Waals surface area contributed by atoms with Crippen molar-refractivity contribution >= 4 is 11.7 Å². The number of aryl methyl sites for hydroxylation is 2. The number of nitrogens with one attached hydrogen (secondary N) is 1. The number of pyridine rings is 1. The van der Waals surface area contributed by atoms with E-state index >= 15 is 0 Å². The van der Waals surface area contributed by atoms with Crippen LogP contribution in [0.3, 0.4) is 0 Å². The van der Waals surface area contributed by atoms with Crippen molar-refractivity contribution in [2.45, 2.75) is 39.3 Å². The van der Waals surface area contributed by atoms with Crippen molar-refractivity contribution in [3.63, 3.8) is 0 Å². The molecule has 2 aromatic heterocycles. The lowest BCUT2D eigenvalue weighted by molar-refractivity contribution is 0.0808. The van der Waals surface area contributed by atoms with E-state index < -0.39 is 5.67 Å². The summed E-state index contributed by atoms with van der Waals surface area (Å²) in [5.74, 6) is 0.688. The van der Waals surface area contributed by atoms with Gasteiger partial charge in [-0.15, -0.1) is 0 Å². The number of anilines is 1. The first-order valence-electron chi connectivity index (χ1n) is 8.09. The summed E-state index contributed by atoms with van der Waals surface area (Å²) in [6, 6.07) is 5.25.